The molecule has 0 aliphatic carbocycles. The van der Waals surface area contributed by atoms with Crippen molar-refractivity contribution in [2.75, 3.05) is 6.54 Å². The molecule has 74 valence electrons. The summed E-state index contributed by atoms with van der Waals surface area (Å²) in [7, 11) is -3.17. The number of hydrogen-bond donors (Lipinski definition) is 1. The molecular formula is C7H16BrNO2S. The van der Waals surface area contributed by atoms with Crippen LogP contribution in [0.15, 0.2) is 0 Å². The van der Waals surface area contributed by atoms with Crippen molar-refractivity contribution in [3.05, 3.63) is 0 Å². The van der Waals surface area contributed by atoms with E-state index in [0.29, 0.717) is 6.54 Å². The summed E-state index contributed by atoms with van der Waals surface area (Å²) >= 11 is 3.27. The minimum absolute atomic E-state index is 0.162. The molecule has 1 atom stereocenters. The van der Waals surface area contributed by atoms with Crippen LogP contribution in [-0.4, -0.2) is 24.5 Å². The molecule has 1 unspecified atom stereocenters. The number of nitrogens with one attached hydrogen (secondary N) is 1. The fourth-order valence-corrected chi connectivity index (χ4v) is 1.72. The van der Waals surface area contributed by atoms with Crippen molar-refractivity contribution < 1.29 is 8.42 Å². The van der Waals surface area contributed by atoms with Crippen molar-refractivity contribution in [2.24, 2.45) is 0 Å². The molecule has 0 amide bonds. The molecule has 0 heterocycles. The molecule has 0 bridgehead atoms. The van der Waals surface area contributed by atoms with Gasteiger partial charge in [0.05, 0.1) is 4.75 Å². The van der Waals surface area contributed by atoms with Gasteiger partial charge in [-0.2, -0.15) is 0 Å². The molecule has 0 aliphatic heterocycles. The molecule has 0 radical (unpaired) electrons. The van der Waals surface area contributed by atoms with Crippen LogP contribution < -0.4 is 4.72 Å². The summed E-state index contributed by atoms with van der Waals surface area (Å²) in [6.45, 7) is 7.35. The van der Waals surface area contributed by atoms with E-state index in [1.54, 1.807) is 20.8 Å². The van der Waals surface area contributed by atoms with E-state index in [-0.39, 0.29) is 4.83 Å². The Kier molecular flexibility index (Phi) is 4.20. The van der Waals surface area contributed by atoms with E-state index in [1.807, 2.05) is 6.92 Å². The average Bonchev–Trinajstić information content (AvgIpc) is 1.81. The lowest BCUT2D eigenvalue weighted by atomic mass is 10.3. The van der Waals surface area contributed by atoms with Gasteiger partial charge in [0.25, 0.3) is 0 Å². The molecule has 0 spiro atoms. The molecule has 0 aliphatic rings. The largest absolute Gasteiger partial charge is 0.216 e. The molecule has 0 fully saturated rings. The molecule has 5 heteroatoms. The second-order valence-electron chi connectivity index (χ2n) is 3.75. The third kappa shape index (κ3) is 3.87. The van der Waals surface area contributed by atoms with Crippen LogP contribution in [0.5, 0.6) is 0 Å². The van der Waals surface area contributed by atoms with Crippen LogP contribution >= 0.6 is 15.9 Å². The summed E-state index contributed by atoms with van der Waals surface area (Å²) in [5.74, 6) is 0. The standard InChI is InChI=1S/C7H16BrNO2S/c1-6(8)5-9-12(10,11)7(2,3)4/h6,9H,5H2,1-4H3. The monoisotopic (exact) mass is 257 g/mol. The van der Waals surface area contributed by atoms with Crippen molar-refractivity contribution in [2.45, 2.75) is 37.3 Å². The smallest absolute Gasteiger partial charge is 0.214 e. The van der Waals surface area contributed by atoms with Gasteiger partial charge in [0.2, 0.25) is 10.0 Å². The van der Waals surface area contributed by atoms with Gasteiger partial charge in [0.1, 0.15) is 0 Å². The first-order valence-corrected chi connectivity index (χ1v) is 6.20. The van der Waals surface area contributed by atoms with Gasteiger partial charge in [-0.15, -0.1) is 0 Å². The molecule has 0 aromatic carbocycles. The Balaban J connectivity index is 4.27. The van der Waals surface area contributed by atoms with E-state index in [9.17, 15) is 8.42 Å². The molecule has 12 heavy (non-hydrogen) atoms. The Morgan fingerprint density at radius 1 is 1.42 bits per heavy atom. The average molecular weight is 258 g/mol. The minimum atomic E-state index is -3.17. The fourth-order valence-electron chi connectivity index (χ4n) is 0.441. The van der Waals surface area contributed by atoms with Crippen molar-refractivity contribution in [1.29, 1.82) is 0 Å². The number of halogens is 1. The molecule has 0 saturated heterocycles. The van der Waals surface area contributed by atoms with Gasteiger partial charge in [0.15, 0.2) is 0 Å². The number of alkyl halides is 1. The maximum atomic E-state index is 11.4. The van der Waals surface area contributed by atoms with E-state index in [0.717, 1.165) is 0 Å². The highest BCUT2D eigenvalue weighted by Gasteiger charge is 2.28. The SMILES string of the molecule is CC(Br)CNS(=O)(=O)C(C)(C)C. The molecule has 0 saturated carbocycles. The van der Waals surface area contributed by atoms with E-state index >= 15 is 0 Å². The first-order valence-electron chi connectivity index (χ1n) is 3.80. The second kappa shape index (κ2) is 4.07. The van der Waals surface area contributed by atoms with E-state index in [1.165, 1.54) is 0 Å². The Labute approximate surface area is 83.1 Å². The lowest BCUT2D eigenvalue weighted by Gasteiger charge is -2.20. The molecule has 1 N–H and O–H groups in total. The summed E-state index contributed by atoms with van der Waals surface area (Å²) in [5, 5.41) is 0. The van der Waals surface area contributed by atoms with Gasteiger partial charge in [-0.3, -0.25) is 0 Å². The highest BCUT2D eigenvalue weighted by atomic mass is 79.9. The van der Waals surface area contributed by atoms with Crippen LogP contribution in [0, 0.1) is 0 Å². The van der Waals surface area contributed by atoms with Gasteiger partial charge in [-0.25, -0.2) is 13.1 Å². The first kappa shape index (κ1) is 12.4. The minimum Gasteiger partial charge on any atom is -0.214 e. The van der Waals surface area contributed by atoms with E-state index in [4.69, 9.17) is 0 Å². The zero-order valence-corrected chi connectivity index (χ0v) is 10.3. The number of hydrogen-bond acceptors (Lipinski definition) is 2. The van der Waals surface area contributed by atoms with Gasteiger partial charge in [0, 0.05) is 11.4 Å². The molecule has 0 aromatic heterocycles. The van der Waals surface area contributed by atoms with Crippen LogP contribution in [0.4, 0.5) is 0 Å². The topological polar surface area (TPSA) is 46.2 Å². The summed E-state index contributed by atoms with van der Waals surface area (Å²) in [4.78, 5) is 0.162. The Bertz CT molecular complexity index is 228. The van der Waals surface area contributed by atoms with Gasteiger partial charge < -0.3 is 0 Å². The van der Waals surface area contributed by atoms with Crippen molar-refractivity contribution in [3.63, 3.8) is 0 Å². The highest BCUT2D eigenvalue weighted by molar-refractivity contribution is 9.09. The van der Waals surface area contributed by atoms with Gasteiger partial charge >= 0.3 is 0 Å². The normalized spacial score (nSPS) is 16.1. The predicted molar refractivity (Wildman–Crippen MR) is 55.1 cm³/mol. The molecule has 0 aromatic rings. The number of sulfonamides is 1. The van der Waals surface area contributed by atoms with Crippen molar-refractivity contribution in [3.8, 4) is 0 Å². The van der Waals surface area contributed by atoms with Crippen LogP contribution in [0.1, 0.15) is 27.7 Å². The zero-order valence-electron chi connectivity index (χ0n) is 7.89. The highest BCUT2D eigenvalue weighted by Crippen LogP contribution is 2.13. The molecular weight excluding hydrogens is 242 g/mol. The summed E-state index contributed by atoms with van der Waals surface area (Å²) in [5.41, 5.74) is 0. The van der Waals surface area contributed by atoms with Gasteiger partial charge in [-0.05, 0) is 20.8 Å². The van der Waals surface area contributed by atoms with Crippen LogP contribution in [0.25, 0.3) is 0 Å². The number of rotatable bonds is 3. The van der Waals surface area contributed by atoms with Crippen molar-refractivity contribution in [1.82, 2.24) is 4.72 Å². The Hall–Kier alpha value is 0.390. The predicted octanol–water partition coefficient (Wildman–Crippen LogP) is 1.49. The fraction of sp³-hybridized carbons (Fsp3) is 1.00. The lowest BCUT2D eigenvalue weighted by Crippen LogP contribution is -2.41. The van der Waals surface area contributed by atoms with Crippen LogP contribution in [0.2, 0.25) is 0 Å². The quantitative estimate of drug-likeness (QED) is 0.779. The summed E-state index contributed by atoms with van der Waals surface area (Å²) < 4.78 is 24.6. The maximum absolute atomic E-state index is 11.4. The van der Waals surface area contributed by atoms with Crippen LogP contribution in [-0.2, 0) is 10.0 Å². The zero-order chi connectivity index (χ0) is 9.99. The molecule has 3 nitrogen and oxygen atoms in total. The first-order chi connectivity index (χ1) is 5.17. The third-order valence-electron chi connectivity index (χ3n) is 1.36. The summed E-state index contributed by atoms with van der Waals surface area (Å²) in [6, 6.07) is 0. The lowest BCUT2D eigenvalue weighted by molar-refractivity contribution is 0.545. The molecule has 0 rings (SSSR count). The van der Waals surface area contributed by atoms with E-state index < -0.39 is 14.8 Å². The van der Waals surface area contributed by atoms with Crippen molar-refractivity contribution >= 4 is 26.0 Å². The Morgan fingerprint density at radius 2 is 1.83 bits per heavy atom. The Morgan fingerprint density at radius 3 is 2.08 bits per heavy atom. The summed E-state index contributed by atoms with van der Waals surface area (Å²) in [6.07, 6.45) is 0. The maximum Gasteiger partial charge on any atom is 0.216 e. The second-order valence-corrected chi connectivity index (χ2v) is 7.83. The van der Waals surface area contributed by atoms with E-state index in [2.05, 4.69) is 20.7 Å². The third-order valence-corrected chi connectivity index (χ3v) is 3.84. The van der Waals surface area contributed by atoms with Gasteiger partial charge in [-0.1, -0.05) is 22.9 Å². The van der Waals surface area contributed by atoms with Crippen LogP contribution in [0.3, 0.4) is 0 Å².